The van der Waals surface area contributed by atoms with Crippen molar-refractivity contribution in [2.24, 2.45) is 0 Å². The first-order valence-corrected chi connectivity index (χ1v) is 4.64. The van der Waals surface area contributed by atoms with E-state index in [-0.39, 0.29) is 6.10 Å². The highest BCUT2D eigenvalue weighted by molar-refractivity contribution is 7.80. The fourth-order valence-corrected chi connectivity index (χ4v) is 0.341. The third-order valence-electron chi connectivity index (χ3n) is 0.781. The zero-order valence-corrected chi connectivity index (χ0v) is 8.17. The molecule has 0 aliphatic heterocycles. The van der Waals surface area contributed by atoms with Crippen molar-refractivity contribution in [1.29, 1.82) is 0 Å². The zero-order valence-electron chi connectivity index (χ0n) is 7.35. The molecule has 0 aliphatic rings. The molecular weight excluding hydrogens is 186 g/mol. The monoisotopic (exact) mass is 201 g/mol. The van der Waals surface area contributed by atoms with E-state index in [0.29, 0.717) is 0 Å². The Morgan fingerprint density at radius 1 is 1.67 bits per heavy atom. The van der Waals surface area contributed by atoms with Crippen molar-refractivity contribution in [3.63, 3.8) is 0 Å². The molecule has 0 aromatic heterocycles. The van der Waals surface area contributed by atoms with Gasteiger partial charge in [0.1, 0.15) is 6.54 Å². The molecule has 7 heteroatoms. The number of aliphatic hydroxyl groups is 1. The van der Waals surface area contributed by atoms with Crippen molar-refractivity contribution in [3.8, 4) is 0 Å². The summed E-state index contributed by atoms with van der Waals surface area (Å²) in [6.07, 6.45) is -0.157. The van der Waals surface area contributed by atoms with Crippen LogP contribution in [0.2, 0.25) is 0 Å². The van der Waals surface area contributed by atoms with Gasteiger partial charge < -0.3 is 15.0 Å². The molecule has 6 nitrogen and oxygen atoms in total. The SMILES string of the molecule is COS(=O)(=O)[O-].C[NH2+]CC(C)O. The van der Waals surface area contributed by atoms with Crippen molar-refractivity contribution < 1.29 is 27.6 Å². The maximum Gasteiger partial charge on any atom is 0.217 e. The largest absolute Gasteiger partial charge is 0.726 e. The van der Waals surface area contributed by atoms with Crippen LogP contribution in [-0.4, -0.2) is 44.9 Å². The number of hydrogen-bond acceptors (Lipinski definition) is 5. The third-order valence-corrected chi connectivity index (χ3v) is 1.19. The summed E-state index contributed by atoms with van der Waals surface area (Å²) in [5.41, 5.74) is 0. The molecule has 0 fully saturated rings. The van der Waals surface area contributed by atoms with E-state index in [1.165, 1.54) is 0 Å². The maximum atomic E-state index is 9.22. The molecule has 76 valence electrons. The van der Waals surface area contributed by atoms with E-state index in [1.807, 2.05) is 12.4 Å². The Bertz CT molecular complexity index is 176. The van der Waals surface area contributed by atoms with Gasteiger partial charge in [-0.1, -0.05) is 0 Å². The summed E-state index contributed by atoms with van der Waals surface area (Å²) in [6.45, 7) is 2.58. The third kappa shape index (κ3) is 22.6. The fraction of sp³-hybridized carbons (Fsp3) is 1.00. The average Bonchev–Trinajstić information content (AvgIpc) is 1.87. The predicted octanol–water partition coefficient (Wildman–Crippen LogP) is -2.35. The van der Waals surface area contributed by atoms with Gasteiger partial charge in [0.2, 0.25) is 10.4 Å². The Hall–Kier alpha value is -0.210. The molecule has 0 aromatic carbocycles. The van der Waals surface area contributed by atoms with Crippen LogP contribution in [0.4, 0.5) is 0 Å². The van der Waals surface area contributed by atoms with Gasteiger partial charge in [-0.05, 0) is 6.92 Å². The van der Waals surface area contributed by atoms with Crippen molar-refractivity contribution in [2.45, 2.75) is 13.0 Å². The van der Waals surface area contributed by atoms with Crippen molar-refractivity contribution >= 4 is 10.4 Å². The number of hydrogen-bond donors (Lipinski definition) is 2. The van der Waals surface area contributed by atoms with Crippen LogP contribution >= 0.6 is 0 Å². The van der Waals surface area contributed by atoms with Crippen LogP contribution in [0.1, 0.15) is 6.92 Å². The van der Waals surface area contributed by atoms with E-state index in [4.69, 9.17) is 5.11 Å². The lowest BCUT2D eigenvalue weighted by Gasteiger charge is -1.98. The number of likely N-dealkylation sites (N-methyl/N-ethyl adjacent to an activating group) is 1. The molecule has 0 amide bonds. The van der Waals surface area contributed by atoms with Crippen LogP contribution in [0.15, 0.2) is 0 Å². The molecule has 0 saturated heterocycles. The lowest BCUT2D eigenvalue weighted by molar-refractivity contribution is -0.633. The fourth-order valence-electron chi connectivity index (χ4n) is 0.341. The van der Waals surface area contributed by atoms with Gasteiger partial charge in [0, 0.05) is 0 Å². The van der Waals surface area contributed by atoms with E-state index in [0.717, 1.165) is 13.7 Å². The lowest BCUT2D eigenvalue weighted by Crippen LogP contribution is -2.81. The van der Waals surface area contributed by atoms with Crippen LogP contribution < -0.4 is 5.32 Å². The molecule has 12 heavy (non-hydrogen) atoms. The van der Waals surface area contributed by atoms with E-state index >= 15 is 0 Å². The van der Waals surface area contributed by atoms with E-state index in [1.54, 1.807) is 6.92 Å². The Kier molecular flexibility index (Phi) is 8.88. The lowest BCUT2D eigenvalue weighted by atomic mass is 10.4. The quantitative estimate of drug-likeness (QED) is 0.393. The normalized spacial score (nSPS) is 13.1. The highest BCUT2D eigenvalue weighted by Crippen LogP contribution is 1.74. The minimum absolute atomic E-state index is 0.157. The van der Waals surface area contributed by atoms with Crippen LogP contribution in [0.3, 0.4) is 0 Å². The first kappa shape index (κ1) is 14.3. The summed E-state index contributed by atoms with van der Waals surface area (Å²) in [6, 6.07) is 0. The van der Waals surface area contributed by atoms with Gasteiger partial charge in [-0.15, -0.1) is 0 Å². The molecule has 1 unspecified atom stereocenters. The first-order valence-electron chi connectivity index (χ1n) is 3.30. The van der Waals surface area contributed by atoms with Crippen molar-refractivity contribution in [1.82, 2.24) is 0 Å². The standard InChI is InChI=1S/C4H11NO.CH4O4S/c1-4(6)3-5-2;1-5-6(2,3)4/h4-6H,3H2,1-2H3;1H3,(H,2,3,4). The van der Waals surface area contributed by atoms with Crippen LogP contribution in [0.25, 0.3) is 0 Å². The number of nitrogens with two attached hydrogens (primary N) is 1. The van der Waals surface area contributed by atoms with Crippen LogP contribution in [0.5, 0.6) is 0 Å². The molecule has 0 aromatic rings. The first-order chi connectivity index (χ1) is 5.33. The molecule has 0 spiro atoms. The second-order valence-corrected chi connectivity index (χ2v) is 3.22. The second-order valence-electron chi connectivity index (χ2n) is 2.07. The highest BCUT2D eigenvalue weighted by Gasteiger charge is 1.89. The minimum Gasteiger partial charge on any atom is -0.726 e. The predicted molar refractivity (Wildman–Crippen MR) is 41.1 cm³/mol. The Balaban J connectivity index is 0. The maximum absolute atomic E-state index is 9.22. The van der Waals surface area contributed by atoms with Gasteiger partial charge >= 0.3 is 0 Å². The Labute approximate surface area is 72.5 Å². The van der Waals surface area contributed by atoms with Gasteiger partial charge in [-0.2, -0.15) is 0 Å². The smallest absolute Gasteiger partial charge is 0.217 e. The topological polar surface area (TPSA) is 103 Å². The molecule has 0 radical (unpaired) electrons. The van der Waals surface area contributed by atoms with E-state index in [2.05, 4.69) is 4.18 Å². The van der Waals surface area contributed by atoms with Gasteiger partial charge in [-0.3, -0.25) is 4.18 Å². The molecule has 0 heterocycles. The summed E-state index contributed by atoms with van der Waals surface area (Å²) < 4.78 is 31.0. The average molecular weight is 201 g/mol. The summed E-state index contributed by atoms with van der Waals surface area (Å²) >= 11 is 0. The summed E-state index contributed by atoms with van der Waals surface area (Å²) in [7, 11) is -1.67. The zero-order chi connectivity index (χ0) is 10.2. The summed E-state index contributed by atoms with van der Waals surface area (Å²) in [5, 5.41) is 10.5. The molecule has 3 N–H and O–H groups in total. The second kappa shape index (κ2) is 7.44. The molecular formula is C5H15NO5S. The van der Waals surface area contributed by atoms with E-state index < -0.39 is 10.4 Å². The van der Waals surface area contributed by atoms with Gasteiger partial charge in [-0.25, -0.2) is 8.42 Å². The van der Waals surface area contributed by atoms with Crippen LogP contribution in [0, 0.1) is 0 Å². The van der Waals surface area contributed by atoms with Crippen molar-refractivity contribution in [2.75, 3.05) is 20.7 Å². The summed E-state index contributed by atoms with van der Waals surface area (Å²) in [5.74, 6) is 0. The highest BCUT2D eigenvalue weighted by atomic mass is 32.3. The van der Waals surface area contributed by atoms with Gasteiger partial charge in [0.15, 0.2) is 0 Å². The number of quaternary nitrogens is 1. The Morgan fingerprint density at radius 2 is 2.00 bits per heavy atom. The molecule has 0 bridgehead atoms. The molecule has 0 saturated carbocycles. The minimum atomic E-state index is -4.41. The van der Waals surface area contributed by atoms with Crippen LogP contribution in [-0.2, 0) is 14.6 Å². The van der Waals surface area contributed by atoms with E-state index in [9.17, 15) is 13.0 Å². The summed E-state index contributed by atoms with van der Waals surface area (Å²) in [4.78, 5) is 0. The van der Waals surface area contributed by atoms with Gasteiger partial charge in [0.25, 0.3) is 0 Å². The van der Waals surface area contributed by atoms with Crippen molar-refractivity contribution in [3.05, 3.63) is 0 Å². The molecule has 0 rings (SSSR count). The Morgan fingerprint density at radius 3 is 2.00 bits per heavy atom. The molecule has 0 aliphatic carbocycles. The number of rotatable bonds is 3. The molecule has 1 atom stereocenters. The number of aliphatic hydroxyl groups excluding tert-OH is 1. The van der Waals surface area contributed by atoms with Gasteiger partial charge in [0.05, 0.1) is 20.3 Å².